The molecule has 1 amide bonds. The van der Waals surface area contributed by atoms with Crippen LogP contribution in [0.25, 0.3) is 0 Å². The van der Waals surface area contributed by atoms with E-state index in [9.17, 15) is 4.79 Å². The Balaban J connectivity index is 1.39. The molecule has 1 aliphatic heterocycles. The standard InChI is InChI=1S/C24H33N3O2/c1-19(2)21-10-8-20(9-11-21)17-26-12-14-27(15-13-26)18-24(28)25-16-22-6-4-5-7-23(22)29-3/h4-11,19H,12-18H2,1-3H3,(H,25,28)/p+2. The summed E-state index contributed by atoms with van der Waals surface area (Å²) in [6.07, 6.45) is 0. The number of rotatable bonds is 8. The topological polar surface area (TPSA) is 47.2 Å². The van der Waals surface area contributed by atoms with Crippen LogP contribution in [0.2, 0.25) is 0 Å². The molecule has 0 unspecified atom stereocenters. The van der Waals surface area contributed by atoms with Gasteiger partial charge in [0.05, 0.1) is 7.11 Å². The predicted molar refractivity (Wildman–Crippen MR) is 115 cm³/mol. The fourth-order valence-corrected chi connectivity index (χ4v) is 3.95. The lowest BCUT2D eigenvalue weighted by molar-refractivity contribution is -1.02. The van der Waals surface area contributed by atoms with Crippen molar-refractivity contribution in [1.29, 1.82) is 0 Å². The number of para-hydroxylation sites is 1. The van der Waals surface area contributed by atoms with Crippen LogP contribution in [0.1, 0.15) is 36.5 Å². The Morgan fingerprint density at radius 1 is 1.00 bits per heavy atom. The Kier molecular flexibility index (Phi) is 7.67. The minimum absolute atomic E-state index is 0.110. The molecular formula is C24H35N3O2+2. The fourth-order valence-electron chi connectivity index (χ4n) is 3.95. The molecule has 1 heterocycles. The van der Waals surface area contributed by atoms with E-state index in [-0.39, 0.29) is 5.91 Å². The van der Waals surface area contributed by atoms with Gasteiger partial charge in [-0.25, -0.2) is 0 Å². The molecule has 0 aromatic heterocycles. The summed E-state index contributed by atoms with van der Waals surface area (Å²) in [7, 11) is 1.66. The fraction of sp³-hybridized carbons (Fsp3) is 0.458. The van der Waals surface area contributed by atoms with E-state index in [1.54, 1.807) is 12.0 Å². The molecule has 2 aromatic carbocycles. The van der Waals surface area contributed by atoms with Gasteiger partial charge in [0.15, 0.2) is 6.54 Å². The van der Waals surface area contributed by atoms with Crippen molar-refractivity contribution in [3.8, 4) is 5.75 Å². The molecule has 5 nitrogen and oxygen atoms in total. The summed E-state index contributed by atoms with van der Waals surface area (Å²) in [5, 5.41) is 3.04. The van der Waals surface area contributed by atoms with Crippen LogP contribution in [0.15, 0.2) is 48.5 Å². The van der Waals surface area contributed by atoms with Gasteiger partial charge in [0.2, 0.25) is 0 Å². The smallest absolute Gasteiger partial charge is 0.275 e. The minimum Gasteiger partial charge on any atom is -0.496 e. The molecule has 1 fully saturated rings. The summed E-state index contributed by atoms with van der Waals surface area (Å²) < 4.78 is 5.35. The van der Waals surface area contributed by atoms with E-state index in [1.807, 2.05) is 24.3 Å². The van der Waals surface area contributed by atoms with Gasteiger partial charge in [0.25, 0.3) is 5.91 Å². The van der Waals surface area contributed by atoms with Gasteiger partial charge in [-0.05, 0) is 17.5 Å². The van der Waals surface area contributed by atoms with Gasteiger partial charge in [-0.2, -0.15) is 0 Å². The van der Waals surface area contributed by atoms with Crippen LogP contribution >= 0.6 is 0 Å². The van der Waals surface area contributed by atoms with Crippen molar-refractivity contribution in [2.45, 2.75) is 32.9 Å². The number of quaternary nitrogens is 2. The molecule has 29 heavy (non-hydrogen) atoms. The Bertz CT molecular complexity index is 781. The molecule has 0 aliphatic carbocycles. The number of carbonyl (C=O) groups excluding carboxylic acids is 1. The van der Waals surface area contributed by atoms with Crippen molar-refractivity contribution < 1.29 is 19.3 Å². The average Bonchev–Trinajstić information content (AvgIpc) is 2.74. The normalized spacial score (nSPS) is 19.2. The molecule has 0 atom stereocenters. The summed E-state index contributed by atoms with van der Waals surface area (Å²) in [6.45, 7) is 10.9. The van der Waals surface area contributed by atoms with E-state index in [4.69, 9.17) is 4.74 Å². The highest BCUT2D eigenvalue weighted by Gasteiger charge is 2.24. The van der Waals surface area contributed by atoms with Crippen molar-refractivity contribution in [2.24, 2.45) is 0 Å². The molecule has 0 radical (unpaired) electrons. The van der Waals surface area contributed by atoms with E-state index >= 15 is 0 Å². The molecule has 3 rings (SSSR count). The first-order chi connectivity index (χ1) is 14.0. The number of nitrogens with one attached hydrogen (secondary N) is 3. The molecular weight excluding hydrogens is 362 g/mol. The molecule has 156 valence electrons. The third-order valence-corrected chi connectivity index (χ3v) is 5.84. The molecule has 1 saturated heterocycles. The Labute approximate surface area is 174 Å². The second-order valence-corrected chi connectivity index (χ2v) is 8.34. The van der Waals surface area contributed by atoms with Crippen molar-refractivity contribution in [2.75, 3.05) is 39.8 Å². The van der Waals surface area contributed by atoms with Crippen molar-refractivity contribution in [3.05, 3.63) is 65.2 Å². The highest BCUT2D eigenvalue weighted by molar-refractivity contribution is 5.76. The van der Waals surface area contributed by atoms with Crippen molar-refractivity contribution >= 4 is 5.91 Å². The average molecular weight is 398 g/mol. The highest BCUT2D eigenvalue weighted by atomic mass is 16.5. The lowest BCUT2D eigenvalue weighted by Crippen LogP contribution is -3.28. The van der Waals surface area contributed by atoms with Crippen molar-refractivity contribution in [3.63, 3.8) is 0 Å². The van der Waals surface area contributed by atoms with E-state index in [2.05, 4.69) is 43.4 Å². The zero-order valence-electron chi connectivity index (χ0n) is 18.0. The molecule has 5 heteroatoms. The summed E-state index contributed by atoms with van der Waals surface area (Å²) in [4.78, 5) is 15.4. The highest BCUT2D eigenvalue weighted by Crippen LogP contribution is 2.16. The third-order valence-electron chi connectivity index (χ3n) is 5.84. The predicted octanol–water partition coefficient (Wildman–Crippen LogP) is 0.418. The summed E-state index contributed by atoms with van der Waals surface area (Å²) in [5.74, 6) is 1.51. The molecule has 0 saturated carbocycles. The number of hydrogen-bond acceptors (Lipinski definition) is 2. The summed E-state index contributed by atoms with van der Waals surface area (Å²) in [6, 6.07) is 16.9. The van der Waals surface area contributed by atoms with E-state index in [0.29, 0.717) is 19.0 Å². The SMILES string of the molecule is COc1ccccc1CNC(=O)C[NH+]1CC[NH+](Cc2ccc(C(C)C)cc2)CC1. The number of piperazine rings is 1. The maximum atomic E-state index is 12.4. The number of methoxy groups -OCH3 is 1. The second kappa shape index (κ2) is 10.4. The van der Waals surface area contributed by atoms with Crippen LogP contribution in [0.4, 0.5) is 0 Å². The van der Waals surface area contributed by atoms with Crippen LogP contribution in [0.5, 0.6) is 5.75 Å². The number of amides is 1. The Morgan fingerprint density at radius 3 is 2.31 bits per heavy atom. The van der Waals surface area contributed by atoms with Crippen LogP contribution in [0, 0.1) is 0 Å². The van der Waals surface area contributed by atoms with Crippen LogP contribution < -0.4 is 19.9 Å². The number of ether oxygens (including phenoxy) is 1. The van der Waals surface area contributed by atoms with Gasteiger partial charge < -0.3 is 19.9 Å². The van der Waals surface area contributed by atoms with Crippen molar-refractivity contribution in [1.82, 2.24) is 5.32 Å². The summed E-state index contributed by atoms with van der Waals surface area (Å²) >= 11 is 0. The largest absolute Gasteiger partial charge is 0.496 e. The molecule has 0 bridgehead atoms. The third kappa shape index (κ3) is 6.31. The first kappa shape index (κ1) is 21.3. The Morgan fingerprint density at radius 2 is 1.66 bits per heavy atom. The van der Waals surface area contributed by atoms with Crippen LogP contribution in [-0.4, -0.2) is 45.7 Å². The van der Waals surface area contributed by atoms with E-state index in [0.717, 1.165) is 44.0 Å². The van der Waals surface area contributed by atoms with Gasteiger partial charge in [-0.3, -0.25) is 4.79 Å². The van der Waals surface area contributed by atoms with Gasteiger partial charge in [0.1, 0.15) is 38.5 Å². The van der Waals surface area contributed by atoms with E-state index in [1.165, 1.54) is 16.0 Å². The number of carbonyl (C=O) groups is 1. The van der Waals surface area contributed by atoms with Crippen LogP contribution in [0.3, 0.4) is 0 Å². The molecule has 2 aromatic rings. The zero-order chi connectivity index (χ0) is 20.6. The van der Waals surface area contributed by atoms with E-state index < -0.39 is 0 Å². The van der Waals surface area contributed by atoms with Gasteiger partial charge in [-0.1, -0.05) is 56.3 Å². The van der Waals surface area contributed by atoms with Crippen LogP contribution in [-0.2, 0) is 17.9 Å². The maximum Gasteiger partial charge on any atom is 0.275 e. The number of hydrogen-bond donors (Lipinski definition) is 3. The van der Waals surface area contributed by atoms with Gasteiger partial charge in [0, 0.05) is 17.7 Å². The minimum atomic E-state index is 0.110. The lowest BCUT2D eigenvalue weighted by atomic mass is 10.0. The zero-order valence-corrected chi connectivity index (χ0v) is 18.0. The van der Waals surface area contributed by atoms with Gasteiger partial charge >= 0.3 is 0 Å². The monoisotopic (exact) mass is 397 g/mol. The molecule has 1 aliphatic rings. The first-order valence-electron chi connectivity index (χ1n) is 10.7. The number of benzene rings is 2. The maximum absolute atomic E-state index is 12.4. The summed E-state index contributed by atoms with van der Waals surface area (Å²) in [5.41, 5.74) is 3.82. The quantitative estimate of drug-likeness (QED) is 0.605. The lowest BCUT2D eigenvalue weighted by Gasteiger charge is -2.29. The molecule has 0 spiro atoms. The Hall–Kier alpha value is -2.37. The second-order valence-electron chi connectivity index (χ2n) is 8.34. The molecule has 3 N–H and O–H groups in total. The van der Waals surface area contributed by atoms with Gasteiger partial charge in [-0.15, -0.1) is 0 Å². The first-order valence-corrected chi connectivity index (χ1v) is 10.7.